The van der Waals surface area contributed by atoms with Crippen LogP contribution in [-0.2, 0) is 4.79 Å². The summed E-state index contributed by atoms with van der Waals surface area (Å²) < 4.78 is 0. The summed E-state index contributed by atoms with van der Waals surface area (Å²) >= 11 is 0. The number of rotatable bonds is 5. The lowest BCUT2D eigenvalue weighted by Crippen LogP contribution is -2.42. The number of aliphatic hydroxyl groups excluding tert-OH is 1. The van der Waals surface area contributed by atoms with Crippen LogP contribution in [0.2, 0.25) is 0 Å². The van der Waals surface area contributed by atoms with Crippen molar-refractivity contribution >= 4 is 5.91 Å². The quantitative estimate of drug-likeness (QED) is 0.585. The Bertz CT molecular complexity index is 195. The second-order valence-corrected chi connectivity index (χ2v) is 4.39. The van der Waals surface area contributed by atoms with Crippen LogP contribution in [-0.4, -0.2) is 30.2 Å². The summed E-state index contributed by atoms with van der Waals surface area (Å²) in [6, 6.07) is 0. The molecule has 0 aromatic heterocycles. The zero-order valence-electron chi connectivity index (χ0n) is 8.75. The minimum Gasteiger partial charge on any atom is -0.392 e. The van der Waals surface area contributed by atoms with E-state index in [2.05, 4.69) is 5.32 Å². The van der Waals surface area contributed by atoms with Gasteiger partial charge in [0.1, 0.15) is 0 Å². The molecule has 0 aromatic carbocycles. The number of nitrogens with two attached hydrogens (primary N) is 1. The van der Waals surface area contributed by atoms with Crippen LogP contribution in [0.5, 0.6) is 0 Å². The normalized spacial score (nSPS) is 21.1. The van der Waals surface area contributed by atoms with Crippen LogP contribution in [0.1, 0.15) is 32.6 Å². The fraction of sp³-hybridized carbons (Fsp3) is 0.900. The Morgan fingerprint density at radius 2 is 2.29 bits per heavy atom. The van der Waals surface area contributed by atoms with Crippen LogP contribution in [0.25, 0.3) is 0 Å². The van der Waals surface area contributed by atoms with Crippen molar-refractivity contribution in [2.24, 2.45) is 11.1 Å². The first-order valence-corrected chi connectivity index (χ1v) is 5.23. The van der Waals surface area contributed by atoms with Gasteiger partial charge in [0.05, 0.1) is 6.10 Å². The van der Waals surface area contributed by atoms with Crippen molar-refractivity contribution in [1.82, 2.24) is 5.32 Å². The number of carbonyl (C=O) groups excluding carboxylic acids is 1. The molecule has 0 spiro atoms. The molecule has 1 unspecified atom stereocenters. The van der Waals surface area contributed by atoms with Gasteiger partial charge in [0.25, 0.3) is 0 Å². The van der Waals surface area contributed by atoms with Gasteiger partial charge >= 0.3 is 0 Å². The van der Waals surface area contributed by atoms with Crippen molar-refractivity contribution in [3.63, 3.8) is 0 Å². The van der Waals surface area contributed by atoms with Crippen LogP contribution in [0.3, 0.4) is 0 Å². The molecule has 0 heterocycles. The number of hydrogen-bond donors (Lipinski definition) is 3. The van der Waals surface area contributed by atoms with Crippen molar-refractivity contribution in [1.29, 1.82) is 0 Å². The van der Waals surface area contributed by atoms with Crippen LogP contribution >= 0.6 is 0 Å². The molecule has 82 valence electrons. The SMILES string of the molecule is CC(O)CNC(=O)CC1(CN)CCC1. The molecule has 1 saturated carbocycles. The van der Waals surface area contributed by atoms with E-state index >= 15 is 0 Å². The number of hydrogen-bond acceptors (Lipinski definition) is 3. The van der Waals surface area contributed by atoms with E-state index in [1.807, 2.05) is 0 Å². The van der Waals surface area contributed by atoms with Crippen LogP contribution in [0, 0.1) is 5.41 Å². The lowest BCUT2D eigenvalue weighted by molar-refractivity contribution is -0.125. The highest BCUT2D eigenvalue weighted by molar-refractivity contribution is 5.76. The number of carbonyl (C=O) groups is 1. The maximum Gasteiger partial charge on any atom is 0.220 e. The molecule has 4 heteroatoms. The van der Waals surface area contributed by atoms with Gasteiger partial charge in [0.15, 0.2) is 0 Å². The highest BCUT2D eigenvalue weighted by Crippen LogP contribution is 2.42. The average Bonchev–Trinajstić information content (AvgIpc) is 2.08. The summed E-state index contributed by atoms with van der Waals surface area (Å²) in [5.74, 6) is 0.0102. The molecule has 0 radical (unpaired) electrons. The molecular formula is C10H20N2O2. The van der Waals surface area contributed by atoms with E-state index in [9.17, 15) is 4.79 Å². The van der Waals surface area contributed by atoms with Gasteiger partial charge < -0.3 is 16.2 Å². The lowest BCUT2D eigenvalue weighted by atomic mass is 9.66. The largest absolute Gasteiger partial charge is 0.392 e. The van der Waals surface area contributed by atoms with E-state index in [1.165, 1.54) is 6.42 Å². The topological polar surface area (TPSA) is 75.3 Å². The maximum atomic E-state index is 11.4. The summed E-state index contributed by atoms with van der Waals surface area (Å²) in [7, 11) is 0. The smallest absolute Gasteiger partial charge is 0.220 e. The first-order chi connectivity index (χ1) is 6.58. The molecule has 4 N–H and O–H groups in total. The van der Waals surface area contributed by atoms with Crippen molar-refractivity contribution < 1.29 is 9.90 Å². The van der Waals surface area contributed by atoms with Gasteiger partial charge in [-0.25, -0.2) is 0 Å². The zero-order valence-corrected chi connectivity index (χ0v) is 8.75. The van der Waals surface area contributed by atoms with E-state index in [0.717, 1.165) is 12.8 Å². The molecule has 0 aromatic rings. The Labute approximate surface area is 84.9 Å². The first-order valence-electron chi connectivity index (χ1n) is 5.23. The average molecular weight is 200 g/mol. The molecule has 1 aliphatic rings. The molecule has 1 aliphatic carbocycles. The Hall–Kier alpha value is -0.610. The van der Waals surface area contributed by atoms with E-state index in [-0.39, 0.29) is 11.3 Å². The van der Waals surface area contributed by atoms with Gasteiger partial charge in [-0.2, -0.15) is 0 Å². The van der Waals surface area contributed by atoms with Crippen LogP contribution in [0.15, 0.2) is 0 Å². The molecular weight excluding hydrogens is 180 g/mol. The Morgan fingerprint density at radius 1 is 1.64 bits per heavy atom. The minimum absolute atomic E-state index is 0.0102. The number of amides is 1. The lowest BCUT2D eigenvalue weighted by Gasteiger charge is -2.40. The highest BCUT2D eigenvalue weighted by atomic mass is 16.3. The van der Waals surface area contributed by atoms with Gasteiger partial charge in [-0.3, -0.25) is 4.79 Å². The Kier molecular flexibility index (Phi) is 3.89. The van der Waals surface area contributed by atoms with E-state index in [0.29, 0.717) is 19.5 Å². The van der Waals surface area contributed by atoms with Crippen molar-refractivity contribution in [3.8, 4) is 0 Å². The summed E-state index contributed by atoms with van der Waals surface area (Å²) in [6.45, 7) is 2.58. The van der Waals surface area contributed by atoms with E-state index in [1.54, 1.807) is 6.92 Å². The second-order valence-electron chi connectivity index (χ2n) is 4.39. The Morgan fingerprint density at radius 3 is 2.64 bits per heavy atom. The van der Waals surface area contributed by atoms with Gasteiger partial charge in [-0.1, -0.05) is 6.42 Å². The van der Waals surface area contributed by atoms with Crippen molar-refractivity contribution in [2.45, 2.75) is 38.7 Å². The van der Waals surface area contributed by atoms with E-state index < -0.39 is 6.10 Å². The van der Waals surface area contributed by atoms with E-state index in [4.69, 9.17) is 10.8 Å². The zero-order chi connectivity index (χ0) is 10.6. The van der Waals surface area contributed by atoms with Crippen molar-refractivity contribution in [3.05, 3.63) is 0 Å². The molecule has 0 bridgehead atoms. The highest BCUT2D eigenvalue weighted by Gasteiger charge is 2.37. The van der Waals surface area contributed by atoms with Gasteiger partial charge in [0, 0.05) is 13.0 Å². The number of nitrogens with one attached hydrogen (secondary N) is 1. The monoisotopic (exact) mass is 200 g/mol. The third-order valence-electron chi connectivity index (χ3n) is 2.98. The minimum atomic E-state index is -0.478. The second kappa shape index (κ2) is 4.75. The predicted molar refractivity (Wildman–Crippen MR) is 54.6 cm³/mol. The fourth-order valence-corrected chi connectivity index (χ4v) is 1.79. The standard InChI is InChI=1S/C10H20N2O2/c1-8(13)6-12-9(14)5-10(7-11)3-2-4-10/h8,13H,2-7,11H2,1H3,(H,12,14). The summed E-state index contributed by atoms with van der Waals surface area (Å²) in [6.07, 6.45) is 3.34. The third kappa shape index (κ3) is 2.96. The summed E-state index contributed by atoms with van der Waals surface area (Å²) in [5.41, 5.74) is 5.70. The predicted octanol–water partition coefficient (Wildman–Crippen LogP) is 0.00250. The van der Waals surface area contributed by atoms with Crippen molar-refractivity contribution in [2.75, 3.05) is 13.1 Å². The number of aliphatic hydroxyl groups is 1. The third-order valence-corrected chi connectivity index (χ3v) is 2.98. The molecule has 4 nitrogen and oxygen atoms in total. The maximum absolute atomic E-state index is 11.4. The summed E-state index contributed by atoms with van der Waals surface area (Å²) in [5, 5.41) is 11.7. The van der Waals surface area contributed by atoms with Crippen LogP contribution < -0.4 is 11.1 Å². The molecule has 0 saturated heterocycles. The molecule has 1 fully saturated rings. The first kappa shape index (κ1) is 11.5. The van der Waals surface area contributed by atoms with Gasteiger partial charge in [-0.05, 0) is 31.7 Å². The van der Waals surface area contributed by atoms with Gasteiger partial charge in [-0.15, -0.1) is 0 Å². The molecule has 14 heavy (non-hydrogen) atoms. The molecule has 1 rings (SSSR count). The summed E-state index contributed by atoms with van der Waals surface area (Å²) in [4.78, 5) is 11.4. The molecule has 1 amide bonds. The molecule has 0 aliphatic heterocycles. The molecule has 1 atom stereocenters. The Balaban J connectivity index is 2.25. The van der Waals surface area contributed by atoms with Crippen LogP contribution in [0.4, 0.5) is 0 Å². The van der Waals surface area contributed by atoms with Gasteiger partial charge in [0.2, 0.25) is 5.91 Å². The fourth-order valence-electron chi connectivity index (χ4n) is 1.79.